The molecule has 2 aliphatic heterocycles. The number of rotatable bonds is 4. The molecule has 43 heavy (non-hydrogen) atoms. The topological polar surface area (TPSA) is 240 Å². The molecule has 6 unspecified atom stereocenters. The zero-order valence-corrected chi connectivity index (χ0v) is 22.2. The van der Waals surface area contributed by atoms with Crippen LogP contribution in [-0.2, 0) is 4.74 Å². The Balaban J connectivity index is 1.59. The molecule has 0 radical (unpaired) electrons. The van der Waals surface area contributed by atoms with Crippen molar-refractivity contribution >= 4 is 11.0 Å². The summed E-state index contributed by atoms with van der Waals surface area (Å²) >= 11 is 0. The first-order chi connectivity index (χ1) is 20.4. The Morgan fingerprint density at radius 3 is 2.19 bits per heavy atom. The van der Waals surface area contributed by atoms with Gasteiger partial charge in [0.25, 0.3) is 0 Å². The largest absolute Gasteiger partial charge is 0.507 e. The van der Waals surface area contributed by atoms with Gasteiger partial charge in [-0.1, -0.05) is 6.92 Å². The Morgan fingerprint density at radius 2 is 1.49 bits per heavy atom. The summed E-state index contributed by atoms with van der Waals surface area (Å²) in [4.78, 5) is 14.0. The van der Waals surface area contributed by atoms with Gasteiger partial charge in [0.05, 0.1) is 6.61 Å². The summed E-state index contributed by atoms with van der Waals surface area (Å²) in [7, 11) is 0. The van der Waals surface area contributed by atoms with Gasteiger partial charge in [-0.15, -0.1) is 0 Å². The molecule has 6 atom stereocenters. The Kier molecular flexibility index (Phi) is 6.75. The number of ether oxygens (including phenoxy) is 3. The van der Waals surface area contributed by atoms with E-state index >= 15 is 0 Å². The summed E-state index contributed by atoms with van der Waals surface area (Å²) in [5, 5.41) is 91.2. The lowest BCUT2D eigenvalue weighted by atomic mass is 9.87. The van der Waals surface area contributed by atoms with Crippen molar-refractivity contribution in [2.45, 2.75) is 43.5 Å². The third kappa shape index (κ3) is 4.43. The van der Waals surface area contributed by atoms with Crippen LogP contribution in [0.3, 0.4) is 0 Å². The molecule has 6 rings (SSSR count). The van der Waals surface area contributed by atoms with E-state index < -0.39 is 83.2 Å². The van der Waals surface area contributed by atoms with Crippen molar-refractivity contribution in [3.05, 3.63) is 57.7 Å². The third-order valence-corrected chi connectivity index (χ3v) is 7.65. The highest BCUT2D eigenvalue weighted by Crippen LogP contribution is 2.52. The number of hydrogen-bond acceptors (Lipinski definition) is 14. The first-order valence-corrected chi connectivity index (χ1v) is 13.0. The van der Waals surface area contributed by atoms with Crippen molar-refractivity contribution in [3.8, 4) is 57.3 Å². The van der Waals surface area contributed by atoms with E-state index in [0.29, 0.717) is 5.56 Å². The lowest BCUT2D eigenvalue weighted by Gasteiger charge is -2.39. The van der Waals surface area contributed by atoms with Crippen LogP contribution in [0.4, 0.5) is 0 Å². The molecule has 0 amide bonds. The summed E-state index contributed by atoms with van der Waals surface area (Å²) in [5.41, 5.74) is -0.463. The van der Waals surface area contributed by atoms with Crippen molar-refractivity contribution < 1.29 is 64.6 Å². The number of phenols is 5. The Hall–Kier alpha value is -4.73. The molecule has 1 aromatic heterocycles. The van der Waals surface area contributed by atoms with Crippen LogP contribution in [0, 0.1) is 0 Å². The molecule has 0 aliphatic carbocycles. The predicted octanol–water partition coefficient (Wildman–Crippen LogP) is 1.42. The zero-order chi connectivity index (χ0) is 30.9. The van der Waals surface area contributed by atoms with Gasteiger partial charge in [-0.3, -0.25) is 4.79 Å². The van der Waals surface area contributed by atoms with Crippen LogP contribution in [0.25, 0.3) is 22.3 Å². The average Bonchev–Trinajstić information content (AvgIpc) is 2.96. The molecular formula is C29H26O14. The first-order valence-electron chi connectivity index (χ1n) is 13.0. The smallest absolute Gasteiger partial charge is 0.239 e. The van der Waals surface area contributed by atoms with Crippen LogP contribution >= 0.6 is 0 Å². The fourth-order valence-electron chi connectivity index (χ4n) is 5.34. The molecule has 3 heterocycles. The SMILES string of the molecule is CC1c2cc(O)c(O)cc2Oc2cc(O)c3c(=O)c(OC4OC(CO)C(O)C(O)C4O)c(-c4ccc(O)c(O)c4)oc3c21. The second-order valence-corrected chi connectivity index (χ2v) is 10.3. The Labute approximate surface area is 241 Å². The second-order valence-electron chi connectivity index (χ2n) is 10.3. The summed E-state index contributed by atoms with van der Waals surface area (Å²) < 4.78 is 23.2. The fourth-order valence-corrected chi connectivity index (χ4v) is 5.34. The van der Waals surface area contributed by atoms with E-state index in [1.54, 1.807) is 6.92 Å². The monoisotopic (exact) mass is 598 g/mol. The average molecular weight is 599 g/mol. The minimum absolute atomic E-state index is 0.00155. The fraction of sp³-hybridized carbons (Fsp3) is 0.276. The van der Waals surface area contributed by atoms with Gasteiger partial charge >= 0.3 is 0 Å². The quantitative estimate of drug-likeness (QED) is 0.151. The van der Waals surface area contributed by atoms with Gasteiger partial charge in [0.1, 0.15) is 52.6 Å². The highest BCUT2D eigenvalue weighted by Gasteiger charge is 2.45. The number of hydrogen-bond donors (Lipinski definition) is 9. The van der Waals surface area contributed by atoms with Crippen LogP contribution < -0.4 is 14.9 Å². The van der Waals surface area contributed by atoms with Gasteiger partial charge in [0.2, 0.25) is 17.5 Å². The highest BCUT2D eigenvalue weighted by molar-refractivity contribution is 5.92. The van der Waals surface area contributed by atoms with Gasteiger partial charge in [0.15, 0.2) is 28.8 Å². The molecule has 0 bridgehead atoms. The van der Waals surface area contributed by atoms with Gasteiger partial charge in [0, 0.05) is 34.7 Å². The molecule has 14 nitrogen and oxygen atoms in total. The Bertz CT molecular complexity index is 1810. The molecule has 1 fully saturated rings. The number of fused-ring (bicyclic) bond motifs is 4. The van der Waals surface area contributed by atoms with Crippen LogP contribution in [0.2, 0.25) is 0 Å². The van der Waals surface area contributed by atoms with E-state index in [1.165, 1.54) is 18.2 Å². The van der Waals surface area contributed by atoms with E-state index in [4.69, 9.17) is 18.6 Å². The maximum Gasteiger partial charge on any atom is 0.239 e. The summed E-state index contributed by atoms with van der Waals surface area (Å²) in [5.74, 6) is -3.91. The molecule has 226 valence electrons. The molecular weight excluding hydrogens is 572 g/mol. The first kappa shape index (κ1) is 28.4. The second kappa shape index (κ2) is 10.2. The van der Waals surface area contributed by atoms with E-state index in [9.17, 15) is 50.8 Å². The van der Waals surface area contributed by atoms with Crippen LogP contribution in [0.1, 0.15) is 24.0 Å². The van der Waals surface area contributed by atoms with E-state index in [2.05, 4.69) is 0 Å². The molecule has 9 N–H and O–H groups in total. The van der Waals surface area contributed by atoms with Crippen LogP contribution in [0.15, 0.2) is 45.6 Å². The molecule has 1 saturated heterocycles. The van der Waals surface area contributed by atoms with Gasteiger partial charge < -0.3 is 64.6 Å². The summed E-state index contributed by atoms with van der Waals surface area (Å²) in [6.45, 7) is 0.938. The zero-order valence-electron chi connectivity index (χ0n) is 22.2. The van der Waals surface area contributed by atoms with Crippen molar-refractivity contribution in [2.24, 2.45) is 0 Å². The lowest BCUT2D eigenvalue weighted by molar-refractivity contribution is -0.277. The predicted molar refractivity (Wildman–Crippen MR) is 145 cm³/mol. The van der Waals surface area contributed by atoms with Crippen molar-refractivity contribution in [2.75, 3.05) is 6.61 Å². The molecule has 0 saturated carbocycles. The molecule has 14 heteroatoms. The maximum absolute atomic E-state index is 14.0. The summed E-state index contributed by atoms with van der Waals surface area (Å²) in [6.07, 6.45) is -8.63. The maximum atomic E-state index is 14.0. The molecule has 3 aromatic carbocycles. The number of aromatic hydroxyl groups is 5. The van der Waals surface area contributed by atoms with Crippen LogP contribution in [0.5, 0.6) is 46.0 Å². The minimum atomic E-state index is -1.90. The summed E-state index contributed by atoms with van der Waals surface area (Å²) in [6, 6.07) is 7.09. The lowest BCUT2D eigenvalue weighted by Crippen LogP contribution is -2.60. The minimum Gasteiger partial charge on any atom is -0.507 e. The number of benzene rings is 3. The number of phenolic OH excluding ortho intramolecular Hbond substituents is 5. The van der Waals surface area contributed by atoms with Crippen LogP contribution in [-0.4, -0.2) is 83.3 Å². The third-order valence-electron chi connectivity index (χ3n) is 7.65. The van der Waals surface area contributed by atoms with E-state index in [1.807, 2.05) is 0 Å². The van der Waals surface area contributed by atoms with Crippen molar-refractivity contribution in [3.63, 3.8) is 0 Å². The normalized spacial score (nSPS) is 24.7. The molecule has 2 aliphatic rings. The van der Waals surface area contributed by atoms with Crippen molar-refractivity contribution in [1.82, 2.24) is 0 Å². The molecule has 4 aromatic rings. The highest BCUT2D eigenvalue weighted by atomic mass is 16.7. The van der Waals surface area contributed by atoms with Gasteiger partial charge in [-0.25, -0.2) is 0 Å². The Morgan fingerprint density at radius 1 is 0.814 bits per heavy atom. The van der Waals surface area contributed by atoms with E-state index in [-0.39, 0.29) is 39.4 Å². The van der Waals surface area contributed by atoms with E-state index in [0.717, 1.165) is 18.2 Å². The van der Waals surface area contributed by atoms with Crippen molar-refractivity contribution in [1.29, 1.82) is 0 Å². The number of aliphatic hydroxyl groups is 4. The van der Waals surface area contributed by atoms with Gasteiger partial charge in [-0.05, 0) is 24.3 Å². The molecule has 0 spiro atoms. The standard InChI is InChI=1S/C29H26O14/c1-9-11-5-14(33)15(34)6-17(11)40-18-7-16(35)21-23(37)28(43-29-25(39)24(38)22(36)19(8-30)41-29)26(42-27(21)20(9)18)10-2-3-12(31)13(32)4-10/h2-7,9,19,22,24-25,29-36,38-39H,8H2,1H3. The van der Waals surface area contributed by atoms with Gasteiger partial charge in [-0.2, -0.15) is 0 Å². The number of aliphatic hydroxyl groups excluding tert-OH is 4.